The number of esters is 3. The lowest BCUT2D eigenvalue weighted by Gasteiger charge is -2.37. The molecule has 1 heterocycles. The number of methoxy groups -OCH3 is 2. The maximum Gasteiger partial charge on any atom is 0.355 e. The highest BCUT2D eigenvalue weighted by Crippen LogP contribution is 2.45. The van der Waals surface area contributed by atoms with E-state index in [2.05, 4.69) is 0 Å². The molecule has 2 N–H and O–H groups in total. The molecule has 1 aliphatic rings. The molecule has 0 radical (unpaired) electrons. The first kappa shape index (κ1) is 25.8. The van der Waals surface area contributed by atoms with Crippen molar-refractivity contribution in [3.05, 3.63) is 100.0 Å². The Bertz CT molecular complexity index is 1440. The van der Waals surface area contributed by atoms with Crippen LogP contribution in [0.4, 0.5) is 5.69 Å². The van der Waals surface area contributed by atoms with Gasteiger partial charge in [-0.05, 0) is 36.1 Å². The third-order valence-electron chi connectivity index (χ3n) is 6.06. The largest absolute Gasteiger partial charge is 0.466 e. The molecule has 1 aliphatic heterocycles. The third-order valence-corrected chi connectivity index (χ3v) is 6.32. The van der Waals surface area contributed by atoms with E-state index in [4.69, 9.17) is 31.5 Å². The molecule has 0 bridgehead atoms. The van der Waals surface area contributed by atoms with Gasteiger partial charge in [-0.15, -0.1) is 0 Å². The molecule has 3 aromatic rings. The first-order valence-corrected chi connectivity index (χ1v) is 11.8. The second kappa shape index (κ2) is 10.8. The van der Waals surface area contributed by atoms with Gasteiger partial charge in [-0.25, -0.2) is 14.4 Å². The number of hydrogen-bond acceptors (Lipinski definition) is 8. The molecule has 3 aromatic carbocycles. The average Bonchev–Trinajstić information content (AvgIpc) is 2.91. The summed E-state index contributed by atoms with van der Waals surface area (Å²) in [6.45, 7) is 1.73. The normalized spacial score (nSPS) is 15.6. The molecule has 1 unspecified atom stereocenters. The van der Waals surface area contributed by atoms with Gasteiger partial charge in [0.15, 0.2) is 0 Å². The second-order valence-electron chi connectivity index (χ2n) is 8.08. The zero-order valence-corrected chi connectivity index (χ0v) is 21.2. The number of carbonyl (C=O) groups excluding carboxylic acids is 3. The number of benzene rings is 3. The molecule has 0 aliphatic carbocycles. The maximum atomic E-state index is 13.4. The van der Waals surface area contributed by atoms with E-state index < -0.39 is 23.8 Å². The van der Waals surface area contributed by atoms with E-state index in [1.807, 2.05) is 30.3 Å². The van der Waals surface area contributed by atoms with Crippen molar-refractivity contribution in [2.75, 3.05) is 25.7 Å². The monoisotopic (exact) mass is 520 g/mol. The van der Waals surface area contributed by atoms with Crippen molar-refractivity contribution in [1.29, 1.82) is 0 Å². The fraction of sp³-hybridized carbons (Fsp3) is 0.179. The maximum absolute atomic E-state index is 13.4. The van der Waals surface area contributed by atoms with Crippen LogP contribution in [0.25, 0.3) is 10.8 Å². The SMILES string of the molecule is CCOC(=O)C1=C(N)N(c2cccc3ccccc23)C(C(=O)OC)=C(C(=O)OC)C1c1ccc(Cl)cc1. The Kier molecular flexibility index (Phi) is 7.50. The van der Waals surface area contributed by atoms with Crippen LogP contribution in [0, 0.1) is 0 Å². The zero-order chi connectivity index (χ0) is 26.7. The number of carbonyl (C=O) groups is 3. The summed E-state index contributed by atoms with van der Waals surface area (Å²) in [5.41, 5.74) is 7.34. The summed E-state index contributed by atoms with van der Waals surface area (Å²) < 4.78 is 15.6. The molecule has 9 heteroatoms. The van der Waals surface area contributed by atoms with Crippen molar-refractivity contribution >= 4 is 46.0 Å². The van der Waals surface area contributed by atoms with Crippen molar-refractivity contribution < 1.29 is 28.6 Å². The third kappa shape index (κ3) is 4.63. The lowest BCUT2D eigenvalue weighted by molar-refractivity contribution is -0.141. The van der Waals surface area contributed by atoms with Gasteiger partial charge in [-0.2, -0.15) is 0 Å². The summed E-state index contributed by atoms with van der Waals surface area (Å²) >= 11 is 6.10. The fourth-order valence-corrected chi connectivity index (χ4v) is 4.61. The van der Waals surface area contributed by atoms with Gasteiger partial charge in [0.05, 0.1) is 43.6 Å². The number of rotatable bonds is 6. The summed E-state index contributed by atoms with van der Waals surface area (Å²) in [6, 6.07) is 19.4. The van der Waals surface area contributed by atoms with Crippen LogP contribution in [0.15, 0.2) is 89.4 Å². The van der Waals surface area contributed by atoms with Crippen LogP contribution < -0.4 is 10.6 Å². The fourth-order valence-electron chi connectivity index (χ4n) is 4.49. The average molecular weight is 521 g/mol. The molecule has 0 saturated heterocycles. The molecule has 0 spiro atoms. The Morgan fingerprint density at radius 3 is 2.16 bits per heavy atom. The van der Waals surface area contributed by atoms with Gasteiger partial charge in [0.2, 0.25) is 0 Å². The number of anilines is 1. The van der Waals surface area contributed by atoms with Gasteiger partial charge >= 0.3 is 17.9 Å². The van der Waals surface area contributed by atoms with Crippen LogP contribution in [-0.2, 0) is 28.6 Å². The minimum absolute atomic E-state index is 0.0230. The Morgan fingerprint density at radius 1 is 0.865 bits per heavy atom. The van der Waals surface area contributed by atoms with Crippen LogP contribution in [-0.4, -0.2) is 38.7 Å². The molecule has 37 heavy (non-hydrogen) atoms. The molecule has 0 amide bonds. The van der Waals surface area contributed by atoms with E-state index in [9.17, 15) is 14.4 Å². The minimum atomic E-state index is -1.09. The van der Waals surface area contributed by atoms with Gasteiger partial charge in [0.25, 0.3) is 0 Å². The summed E-state index contributed by atoms with van der Waals surface area (Å²) in [4.78, 5) is 41.5. The molecule has 190 valence electrons. The zero-order valence-electron chi connectivity index (χ0n) is 20.5. The molecule has 0 fully saturated rings. The molecule has 4 rings (SSSR count). The van der Waals surface area contributed by atoms with Crippen LogP contribution in [0.1, 0.15) is 18.4 Å². The van der Waals surface area contributed by atoms with Crippen LogP contribution in [0.5, 0.6) is 0 Å². The summed E-state index contributed by atoms with van der Waals surface area (Å²) in [6.07, 6.45) is 0. The van der Waals surface area contributed by atoms with E-state index >= 15 is 0 Å². The lowest BCUT2D eigenvalue weighted by atomic mass is 9.80. The van der Waals surface area contributed by atoms with Crippen LogP contribution in [0.3, 0.4) is 0 Å². The van der Waals surface area contributed by atoms with E-state index in [0.29, 0.717) is 16.3 Å². The number of ether oxygens (including phenoxy) is 3. The lowest BCUT2D eigenvalue weighted by Crippen LogP contribution is -2.42. The highest BCUT2D eigenvalue weighted by atomic mass is 35.5. The number of halogens is 1. The number of hydrogen-bond donors (Lipinski definition) is 1. The van der Waals surface area contributed by atoms with E-state index in [0.717, 1.165) is 10.8 Å². The Balaban J connectivity index is 2.14. The number of nitrogens with zero attached hydrogens (tertiary/aromatic N) is 1. The van der Waals surface area contributed by atoms with Gasteiger partial charge in [-0.1, -0.05) is 60.1 Å². The van der Waals surface area contributed by atoms with Crippen LogP contribution >= 0.6 is 11.6 Å². The van der Waals surface area contributed by atoms with Gasteiger partial charge in [-0.3, -0.25) is 4.90 Å². The minimum Gasteiger partial charge on any atom is -0.466 e. The molecule has 0 saturated carbocycles. The first-order valence-electron chi connectivity index (χ1n) is 11.4. The molecule has 1 atom stereocenters. The smallest absolute Gasteiger partial charge is 0.355 e. The summed E-state index contributed by atoms with van der Waals surface area (Å²) in [5, 5.41) is 2.03. The highest BCUT2D eigenvalue weighted by molar-refractivity contribution is 6.30. The molecular formula is C28H25ClN2O6. The van der Waals surface area contributed by atoms with Gasteiger partial charge in [0, 0.05) is 10.4 Å². The Labute approximate surface area is 218 Å². The summed E-state index contributed by atoms with van der Waals surface area (Å²) in [5.74, 6) is -3.58. The van der Waals surface area contributed by atoms with Gasteiger partial charge in [0.1, 0.15) is 11.5 Å². The standard InChI is InChI=1S/C28H25ClN2O6/c1-4-37-27(33)23-21(17-12-14-18(29)15-13-17)22(26(32)35-2)24(28(34)36-3)31(25(23)30)20-11-7-9-16-8-5-6-10-19(16)20/h5-15,21H,4,30H2,1-3H3. The van der Waals surface area contributed by atoms with Crippen molar-refractivity contribution in [3.8, 4) is 0 Å². The van der Waals surface area contributed by atoms with E-state index in [1.165, 1.54) is 19.1 Å². The predicted octanol–water partition coefficient (Wildman–Crippen LogP) is 4.43. The number of fused-ring (bicyclic) bond motifs is 1. The molecule has 0 aromatic heterocycles. The van der Waals surface area contributed by atoms with E-state index in [1.54, 1.807) is 43.3 Å². The second-order valence-corrected chi connectivity index (χ2v) is 8.52. The summed E-state index contributed by atoms with van der Waals surface area (Å²) in [7, 11) is 2.39. The Hall–Kier alpha value is -4.30. The first-order chi connectivity index (χ1) is 17.8. The quantitative estimate of drug-likeness (QED) is 0.375. The van der Waals surface area contributed by atoms with Crippen molar-refractivity contribution in [2.24, 2.45) is 5.73 Å². The van der Waals surface area contributed by atoms with Crippen molar-refractivity contribution in [2.45, 2.75) is 12.8 Å². The number of nitrogens with two attached hydrogens (primary N) is 1. The van der Waals surface area contributed by atoms with Crippen molar-refractivity contribution in [3.63, 3.8) is 0 Å². The highest BCUT2D eigenvalue weighted by Gasteiger charge is 2.45. The molecule has 8 nitrogen and oxygen atoms in total. The van der Waals surface area contributed by atoms with Crippen molar-refractivity contribution in [1.82, 2.24) is 0 Å². The predicted molar refractivity (Wildman–Crippen MR) is 140 cm³/mol. The van der Waals surface area contributed by atoms with E-state index in [-0.39, 0.29) is 29.3 Å². The van der Waals surface area contributed by atoms with Crippen LogP contribution in [0.2, 0.25) is 5.02 Å². The molecular weight excluding hydrogens is 496 g/mol. The Morgan fingerprint density at radius 2 is 1.51 bits per heavy atom. The topological polar surface area (TPSA) is 108 Å². The van der Waals surface area contributed by atoms with Gasteiger partial charge < -0.3 is 19.9 Å².